The van der Waals surface area contributed by atoms with Crippen LogP contribution in [0.25, 0.3) is 0 Å². The molecule has 3 rings (SSSR count). The number of piperazine rings is 1. The van der Waals surface area contributed by atoms with E-state index in [0.717, 1.165) is 55.5 Å². The summed E-state index contributed by atoms with van der Waals surface area (Å²) < 4.78 is 10.8. The lowest BCUT2D eigenvalue weighted by Crippen LogP contribution is -2.46. The quantitative estimate of drug-likeness (QED) is 0.814. The van der Waals surface area contributed by atoms with Gasteiger partial charge in [-0.2, -0.15) is 5.26 Å². The Kier molecular flexibility index (Phi) is 5.54. The van der Waals surface area contributed by atoms with Crippen LogP contribution >= 0.6 is 0 Å². The molecular weight excluding hydrogens is 330 g/mol. The molecule has 1 aliphatic heterocycles. The highest BCUT2D eigenvalue weighted by atomic mass is 16.5. The Hall–Kier alpha value is -2.85. The van der Waals surface area contributed by atoms with Crippen LogP contribution in [-0.4, -0.2) is 55.3 Å². The molecule has 0 unspecified atom stereocenters. The summed E-state index contributed by atoms with van der Waals surface area (Å²) in [4.78, 5) is 13.3. The molecule has 1 aromatic carbocycles. The zero-order valence-corrected chi connectivity index (χ0v) is 15.4. The first-order chi connectivity index (χ1) is 12.6. The Balaban J connectivity index is 1.66. The standard InChI is InChI=1S/C19H23N5O2/c1-14-10-16(12-20)22-19(21-14)24-8-6-23(7-9-24)13-15-11-17(25-2)4-5-18(15)26-3/h4-5,10-11H,6-9,13H2,1-3H3. The molecule has 1 aliphatic rings. The van der Waals surface area contributed by atoms with Crippen LogP contribution in [0.1, 0.15) is 17.0 Å². The predicted octanol–water partition coefficient (Wildman–Crippen LogP) is 2.00. The van der Waals surface area contributed by atoms with Crippen LogP contribution in [0, 0.1) is 18.3 Å². The second kappa shape index (κ2) is 8.02. The summed E-state index contributed by atoms with van der Waals surface area (Å²) in [5.74, 6) is 2.34. The van der Waals surface area contributed by atoms with Gasteiger partial charge in [-0.15, -0.1) is 0 Å². The van der Waals surface area contributed by atoms with Gasteiger partial charge in [-0.3, -0.25) is 4.90 Å². The molecule has 7 heteroatoms. The number of hydrogen-bond donors (Lipinski definition) is 0. The normalized spacial score (nSPS) is 14.8. The minimum atomic E-state index is 0.413. The topological polar surface area (TPSA) is 74.5 Å². The van der Waals surface area contributed by atoms with E-state index in [1.165, 1.54) is 0 Å². The molecule has 0 N–H and O–H groups in total. The Morgan fingerprint density at radius 1 is 1.08 bits per heavy atom. The van der Waals surface area contributed by atoms with E-state index < -0.39 is 0 Å². The van der Waals surface area contributed by atoms with Crippen molar-refractivity contribution < 1.29 is 9.47 Å². The number of ether oxygens (including phenoxy) is 2. The van der Waals surface area contributed by atoms with Crippen molar-refractivity contribution in [3.8, 4) is 17.6 Å². The minimum absolute atomic E-state index is 0.413. The molecule has 1 aromatic heterocycles. The number of aromatic nitrogens is 2. The summed E-state index contributed by atoms with van der Waals surface area (Å²) in [5.41, 5.74) is 2.34. The van der Waals surface area contributed by atoms with Crippen molar-refractivity contribution >= 4 is 5.95 Å². The molecular formula is C19H23N5O2. The summed E-state index contributed by atoms with van der Waals surface area (Å²) in [7, 11) is 3.35. The van der Waals surface area contributed by atoms with E-state index in [-0.39, 0.29) is 0 Å². The Bertz CT molecular complexity index is 810. The molecule has 26 heavy (non-hydrogen) atoms. The molecule has 1 saturated heterocycles. The molecule has 2 heterocycles. The second-order valence-corrected chi connectivity index (χ2v) is 6.25. The number of methoxy groups -OCH3 is 2. The van der Waals surface area contributed by atoms with Gasteiger partial charge in [-0.1, -0.05) is 0 Å². The van der Waals surface area contributed by atoms with Crippen LogP contribution in [0.5, 0.6) is 11.5 Å². The third kappa shape index (κ3) is 4.03. The van der Waals surface area contributed by atoms with Gasteiger partial charge in [0.15, 0.2) is 0 Å². The first-order valence-electron chi connectivity index (χ1n) is 8.57. The molecule has 0 radical (unpaired) electrons. The fourth-order valence-electron chi connectivity index (χ4n) is 3.10. The van der Waals surface area contributed by atoms with Crippen LogP contribution in [0.2, 0.25) is 0 Å². The van der Waals surface area contributed by atoms with Gasteiger partial charge in [0.05, 0.1) is 14.2 Å². The summed E-state index contributed by atoms with van der Waals surface area (Å²) in [5, 5.41) is 9.09. The van der Waals surface area contributed by atoms with Crippen molar-refractivity contribution in [2.45, 2.75) is 13.5 Å². The van der Waals surface area contributed by atoms with Gasteiger partial charge in [0.2, 0.25) is 5.95 Å². The first-order valence-corrected chi connectivity index (χ1v) is 8.57. The fourth-order valence-corrected chi connectivity index (χ4v) is 3.10. The minimum Gasteiger partial charge on any atom is -0.497 e. The molecule has 0 spiro atoms. The fraction of sp³-hybridized carbons (Fsp3) is 0.421. The van der Waals surface area contributed by atoms with Crippen molar-refractivity contribution in [1.82, 2.24) is 14.9 Å². The molecule has 0 atom stereocenters. The lowest BCUT2D eigenvalue weighted by Gasteiger charge is -2.35. The van der Waals surface area contributed by atoms with Crippen LogP contribution in [0.3, 0.4) is 0 Å². The molecule has 7 nitrogen and oxygen atoms in total. The first kappa shape index (κ1) is 18.0. The van der Waals surface area contributed by atoms with Gasteiger partial charge in [-0.05, 0) is 31.2 Å². The third-order valence-electron chi connectivity index (χ3n) is 4.49. The summed E-state index contributed by atoms with van der Waals surface area (Å²) in [6.45, 7) is 6.10. The second-order valence-electron chi connectivity index (χ2n) is 6.25. The van der Waals surface area contributed by atoms with Crippen LogP contribution in [0.15, 0.2) is 24.3 Å². The summed E-state index contributed by atoms with van der Waals surface area (Å²) in [6, 6.07) is 9.67. The van der Waals surface area contributed by atoms with Crippen LogP contribution in [-0.2, 0) is 6.54 Å². The zero-order valence-electron chi connectivity index (χ0n) is 15.4. The van der Waals surface area contributed by atoms with Gasteiger partial charge >= 0.3 is 0 Å². The van der Waals surface area contributed by atoms with Gasteiger partial charge in [0, 0.05) is 44.0 Å². The van der Waals surface area contributed by atoms with E-state index >= 15 is 0 Å². The number of nitriles is 1. The predicted molar refractivity (Wildman–Crippen MR) is 98.5 cm³/mol. The van der Waals surface area contributed by atoms with Crippen molar-refractivity contribution in [2.24, 2.45) is 0 Å². The van der Waals surface area contributed by atoms with Gasteiger partial charge in [-0.25, -0.2) is 9.97 Å². The van der Waals surface area contributed by atoms with Crippen LogP contribution < -0.4 is 14.4 Å². The average molecular weight is 353 g/mol. The SMILES string of the molecule is COc1ccc(OC)c(CN2CCN(c3nc(C)cc(C#N)n3)CC2)c1. The number of benzene rings is 1. The Labute approximate surface area is 153 Å². The largest absolute Gasteiger partial charge is 0.497 e. The monoisotopic (exact) mass is 353 g/mol. The number of rotatable bonds is 5. The smallest absolute Gasteiger partial charge is 0.226 e. The van der Waals surface area contributed by atoms with Crippen LogP contribution in [0.4, 0.5) is 5.95 Å². The van der Waals surface area contributed by atoms with Crippen molar-refractivity contribution in [1.29, 1.82) is 5.26 Å². The van der Waals surface area contributed by atoms with E-state index in [0.29, 0.717) is 11.6 Å². The molecule has 2 aromatic rings. The van der Waals surface area contributed by atoms with E-state index in [4.69, 9.17) is 14.7 Å². The average Bonchev–Trinajstić information content (AvgIpc) is 2.68. The number of nitrogens with zero attached hydrogens (tertiary/aromatic N) is 5. The highest BCUT2D eigenvalue weighted by molar-refractivity contribution is 5.40. The maximum Gasteiger partial charge on any atom is 0.226 e. The number of aryl methyl sites for hydroxylation is 1. The van der Waals surface area contributed by atoms with Crippen molar-refractivity contribution in [2.75, 3.05) is 45.3 Å². The van der Waals surface area contributed by atoms with Gasteiger partial charge < -0.3 is 14.4 Å². The Morgan fingerprint density at radius 2 is 1.85 bits per heavy atom. The number of hydrogen-bond acceptors (Lipinski definition) is 7. The molecule has 0 bridgehead atoms. The van der Waals surface area contributed by atoms with Crippen molar-refractivity contribution in [3.63, 3.8) is 0 Å². The van der Waals surface area contributed by atoms with Gasteiger partial charge in [0.1, 0.15) is 23.3 Å². The lowest BCUT2D eigenvalue weighted by molar-refractivity contribution is 0.244. The molecule has 0 amide bonds. The number of anilines is 1. The lowest BCUT2D eigenvalue weighted by atomic mass is 10.1. The van der Waals surface area contributed by atoms with E-state index in [9.17, 15) is 0 Å². The summed E-state index contributed by atoms with van der Waals surface area (Å²) in [6.07, 6.45) is 0. The molecule has 0 aliphatic carbocycles. The van der Waals surface area contributed by atoms with Crippen molar-refractivity contribution in [3.05, 3.63) is 41.2 Å². The third-order valence-corrected chi connectivity index (χ3v) is 4.49. The summed E-state index contributed by atoms with van der Waals surface area (Å²) >= 11 is 0. The molecule has 1 fully saturated rings. The highest BCUT2D eigenvalue weighted by Crippen LogP contribution is 2.26. The maximum atomic E-state index is 9.09. The van der Waals surface area contributed by atoms with E-state index in [1.54, 1.807) is 20.3 Å². The molecule has 0 saturated carbocycles. The highest BCUT2D eigenvalue weighted by Gasteiger charge is 2.21. The zero-order chi connectivity index (χ0) is 18.5. The van der Waals surface area contributed by atoms with Gasteiger partial charge in [0.25, 0.3) is 0 Å². The Morgan fingerprint density at radius 3 is 2.50 bits per heavy atom. The molecule has 136 valence electrons. The van der Waals surface area contributed by atoms with E-state index in [2.05, 4.69) is 25.8 Å². The maximum absolute atomic E-state index is 9.09. The van der Waals surface area contributed by atoms with E-state index in [1.807, 2.05) is 25.1 Å².